The number of rotatable bonds is 3. The maximum absolute atomic E-state index is 10.6. The fourth-order valence-corrected chi connectivity index (χ4v) is 0.269. The second-order valence-electron chi connectivity index (χ2n) is 2.98. The van der Waals surface area contributed by atoms with E-state index < -0.39 is 18.2 Å². The third-order valence-corrected chi connectivity index (χ3v) is 1.01. The molecule has 0 bridgehead atoms. The number of esters is 1. The SMILES string of the molecule is C=C(C)C(=O)O.C=C(C)C(=O)OC(C)N. The Kier molecular flexibility index (Phi) is 8.18. The third kappa shape index (κ3) is 12.4. The van der Waals surface area contributed by atoms with Crippen molar-refractivity contribution in [1.82, 2.24) is 0 Å². The lowest BCUT2D eigenvalue weighted by atomic mass is 10.4. The maximum Gasteiger partial charge on any atom is 0.334 e. The number of aliphatic carboxylic acids is 1. The molecule has 0 amide bonds. The maximum atomic E-state index is 10.6. The molecule has 1 atom stereocenters. The molecule has 0 aromatic carbocycles. The van der Waals surface area contributed by atoms with Gasteiger partial charge in [0.1, 0.15) is 6.23 Å². The van der Waals surface area contributed by atoms with E-state index in [9.17, 15) is 9.59 Å². The van der Waals surface area contributed by atoms with Crippen LogP contribution in [0.1, 0.15) is 20.8 Å². The Labute approximate surface area is 89.2 Å². The molecule has 0 aliphatic carbocycles. The molecule has 0 radical (unpaired) electrons. The quantitative estimate of drug-likeness (QED) is 0.417. The largest absolute Gasteiger partial charge is 0.478 e. The first-order valence-electron chi connectivity index (χ1n) is 4.19. The van der Waals surface area contributed by atoms with E-state index in [1.165, 1.54) is 6.92 Å². The van der Waals surface area contributed by atoms with Gasteiger partial charge in [-0.3, -0.25) is 5.73 Å². The Balaban J connectivity index is 0. The van der Waals surface area contributed by atoms with E-state index in [0.717, 1.165) is 0 Å². The van der Waals surface area contributed by atoms with Crippen molar-refractivity contribution in [1.29, 1.82) is 0 Å². The van der Waals surface area contributed by atoms with Crippen LogP contribution < -0.4 is 5.73 Å². The van der Waals surface area contributed by atoms with Gasteiger partial charge in [-0.05, 0) is 20.8 Å². The third-order valence-electron chi connectivity index (χ3n) is 1.01. The van der Waals surface area contributed by atoms with Gasteiger partial charge in [0.25, 0.3) is 0 Å². The molecule has 0 aromatic rings. The van der Waals surface area contributed by atoms with Gasteiger partial charge in [-0.25, -0.2) is 9.59 Å². The lowest BCUT2D eigenvalue weighted by molar-refractivity contribution is -0.143. The van der Waals surface area contributed by atoms with Crippen molar-refractivity contribution in [2.75, 3.05) is 0 Å². The van der Waals surface area contributed by atoms with E-state index in [2.05, 4.69) is 17.9 Å². The number of carboxylic acid groups (broad SMARTS) is 1. The van der Waals surface area contributed by atoms with Crippen LogP contribution >= 0.6 is 0 Å². The van der Waals surface area contributed by atoms with Gasteiger partial charge in [0.05, 0.1) is 0 Å². The number of ether oxygens (including phenoxy) is 1. The Morgan fingerprint density at radius 1 is 1.27 bits per heavy atom. The normalized spacial score (nSPS) is 10.4. The Bertz CT molecular complexity index is 257. The molecule has 1 unspecified atom stereocenters. The lowest BCUT2D eigenvalue weighted by Crippen LogP contribution is -2.23. The minimum absolute atomic E-state index is 0.176. The summed E-state index contributed by atoms with van der Waals surface area (Å²) in [5, 5.41) is 7.89. The first-order valence-corrected chi connectivity index (χ1v) is 4.19. The number of nitrogens with two attached hydrogens (primary N) is 1. The zero-order valence-electron chi connectivity index (χ0n) is 9.24. The van der Waals surface area contributed by atoms with Crippen molar-refractivity contribution in [3.63, 3.8) is 0 Å². The second kappa shape index (κ2) is 7.75. The molecule has 0 rings (SSSR count). The van der Waals surface area contributed by atoms with Crippen LogP contribution in [0.5, 0.6) is 0 Å². The van der Waals surface area contributed by atoms with Crippen molar-refractivity contribution in [3.8, 4) is 0 Å². The highest BCUT2D eigenvalue weighted by Gasteiger charge is 2.03. The molecule has 5 heteroatoms. The van der Waals surface area contributed by atoms with Crippen LogP contribution in [0, 0.1) is 0 Å². The van der Waals surface area contributed by atoms with Gasteiger partial charge in [0, 0.05) is 11.1 Å². The van der Waals surface area contributed by atoms with Crippen molar-refractivity contribution in [3.05, 3.63) is 24.3 Å². The Hall–Kier alpha value is -1.62. The lowest BCUT2D eigenvalue weighted by Gasteiger charge is -2.05. The van der Waals surface area contributed by atoms with Crippen molar-refractivity contribution in [2.24, 2.45) is 5.73 Å². The molecule has 0 saturated heterocycles. The summed E-state index contributed by atoms with van der Waals surface area (Å²) in [4.78, 5) is 20.2. The van der Waals surface area contributed by atoms with E-state index in [-0.39, 0.29) is 5.57 Å². The standard InChI is InChI=1S/C6H11NO2.C4H6O2/c1-4(2)6(8)9-5(3)7;1-3(2)4(5)6/h5H,1,7H2,2-3H3;1H2,2H3,(H,5,6). The van der Waals surface area contributed by atoms with Crippen LogP contribution in [0.2, 0.25) is 0 Å². The fourth-order valence-electron chi connectivity index (χ4n) is 0.269. The molecule has 0 aliphatic heterocycles. The zero-order chi connectivity index (χ0) is 12.6. The number of hydrogen-bond donors (Lipinski definition) is 2. The molecule has 5 nitrogen and oxygen atoms in total. The number of carbonyl (C=O) groups excluding carboxylic acids is 1. The van der Waals surface area contributed by atoms with Gasteiger partial charge < -0.3 is 9.84 Å². The topological polar surface area (TPSA) is 89.6 Å². The van der Waals surface area contributed by atoms with Gasteiger partial charge in [0.15, 0.2) is 0 Å². The summed E-state index contributed by atoms with van der Waals surface area (Å²) >= 11 is 0. The minimum Gasteiger partial charge on any atom is -0.478 e. The molecule has 86 valence electrons. The summed E-state index contributed by atoms with van der Waals surface area (Å²) < 4.78 is 4.55. The van der Waals surface area contributed by atoms with Crippen molar-refractivity contribution >= 4 is 11.9 Å². The number of hydrogen-bond acceptors (Lipinski definition) is 4. The number of carboxylic acids is 1. The molecule has 0 aromatic heterocycles. The minimum atomic E-state index is -0.935. The van der Waals surface area contributed by atoms with Crippen LogP contribution in [-0.2, 0) is 14.3 Å². The summed E-state index contributed by atoms with van der Waals surface area (Å²) in [7, 11) is 0. The molecule has 0 aliphatic rings. The molecule has 0 saturated carbocycles. The molecule has 0 spiro atoms. The van der Waals surface area contributed by atoms with Gasteiger partial charge in [-0.1, -0.05) is 13.2 Å². The van der Waals surface area contributed by atoms with E-state index >= 15 is 0 Å². The van der Waals surface area contributed by atoms with E-state index in [1.807, 2.05) is 0 Å². The number of carbonyl (C=O) groups is 2. The highest BCUT2D eigenvalue weighted by molar-refractivity contribution is 5.87. The highest BCUT2D eigenvalue weighted by atomic mass is 16.6. The molecule has 3 N–H and O–H groups in total. The first-order chi connectivity index (χ1) is 6.68. The summed E-state index contributed by atoms with van der Waals surface area (Å²) in [5.74, 6) is -1.37. The van der Waals surface area contributed by atoms with Gasteiger partial charge in [-0.15, -0.1) is 0 Å². The predicted molar refractivity (Wildman–Crippen MR) is 57.0 cm³/mol. The molecule has 0 heterocycles. The molecular weight excluding hydrogens is 198 g/mol. The van der Waals surface area contributed by atoms with Crippen molar-refractivity contribution in [2.45, 2.75) is 27.0 Å². The second-order valence-corrected chi connectivity index (χ2v) is 2.98. The average molecular weight is 215 g/mol. The highest BCUT2D eigenvalue weighted by Crippen LogP contribution is 1.92. The molecule has 15 heavy (non-hydrogen) atoms. The predicted octanol–water partition coefficient (Wildman–Crippen LogP) is 1.06. The van der Waals surface area contributed by atoms with Gasteiger partial charge in [0.2, 0.25) is 0 Å². The summed E-state index contributed by atoms with van der Waals surface area (Å²) in [6, 6.07) is 0. The van der Waals surface area contributed by atoms with Crippen LogP contribution in [-0.4, -0.2) is 23.3 Å². The first kappa shape index (κ1) is 15.8. The monoisotopic (exact) mass is 215 g/mol. The van der Waals surface area contributed by atoms with Crippen LogP contribution in [0.4, 0.5) is 0 Å². The van der Waals surface area contributed by atoms with Crippen LogP contribution in [0.15, 0.2) is 24.3 Å². The fraction of sp³-hybridized carbons (Fsp3) is 0.400. The average Bonchev–Trinajstić information content (AvgIpc) is 2.03. The van der Waals surface area contributed by atoms with Gasteiger partial charge in [-0.2, -0.15) is 0 Å². The molecule has 0 fully saturated rings. The van der Waals surface area contributed by atoms with E-state index in [1.54, 1.807) is 13.8 Å². The summed E-state index contributed by atoms with van der Waals surface area (Å²) in [6.07, 6.45) is -0.547. The van der Waals surface area contributed by atoms with Crippen molar-refractivity contribution < 1.29 is 19.4 Å². The Morgan fingerprint density at radius 2 is 1.60 bits per heavy atom. The van der Waals surface area contributed by atoms with E-state index in [0.29, 0.717) is 5.57 Å². The smallest absolute Gasteiger partial charge is 0.334 e. The van der Waals surface area contributed by atoms with Crippen LogP contribution in [0.3, 0.4) is 0 Å². The Morgan fingerprint density at radius 3 is 1.67 bits per heavy atom. The zero-order valence-corrected chi connectivity index (χ0v) is 9.24. The van der Waals surface area contributed by atoms with Gasteiger partial charge >= 0.3 is 11.9 Å². The summed E-state index contributed by atoms with van der Waals surface area (Å²) in [5.41, 5.74) is 5.69. The summed E-state index contributed by atoms with van der Waals surface area (Å²) in [6.45, 7) is 11.1. The van der Waals surface area contributed by atoms with E-state index in [4.69, 9.17) is 10.8 Å². The molecular formula is C10H17NO4. The van der Waals surface area contributed by atoms with Crippen LogP contribution in [0.25, 0.3) is 0 Å².